The van der Waals surface area contributed by atoms with Crippen LogP contribution in [0, 0.1) is 0 Å². The third kappa shape index (κ3) is 3.74. The Morgan fingerprint density at radius 3 is 3.09 bits per heavy atom. The van der Waals surface area contributed by atoms with E-state index < -0.39 is 6.10 Å². The summed E-state index contributed by atoms with van der Waals surface area (Å²) in [4.78, 5) is 12.2. The number of hydrogen-bond acceptors (Lipinski definition) is 3. The molecule has 1 aromatic carbocycles. The number of carbonyl (C=O) groups is 1. The molecule has 124 valence electrons. The molecule has 23 heavy (non-hydrogen) atoms. The van der Waals surface area contributed by atoms with Gasteiger partial charge in [-0.3, -0.25) is 4.79 Å². The number of rotatable bonds is 6. The minimum absolute atomic E-state index is 0.128. The lowest BCUT2D eigenvalue weighted by atomic mass is 10.2. The molecule has 0 aliphatic carbocycles. The summed E-state index contributed by atoms with van der Waals surface area (Å²) >= 11 is 0. The molecule has 1 fully saturated rings. The van der Waals surface area contributed by atoms with Crippen LogP contribution in [0.4, 0.5) is 5.69 Å². The van der Waals surface area contributed by atoms with E-state index in [2.05, 4.69) is 29.1 Å². The summed E-state index contributed by atoms with van der Waals surface area (Å²) in [5, 5.41) is 4.05. The lowest BCUT2D eigenvalue weighted by Crippen LogP contribution is -2.30. The molecule has 1 aromatic heterocycles. The summed E-state index contributed by atoms with van der Waals surface area (Å²) in [6.45, 7) is 6.10. The summed E-state index contributed by atoms with van der Waals surface area (Å²) in [5.41, 5.74) is 1.97. The van der Waals surface area contributed by atoms with Crippen molar-refractivity contribution in [3.8, 4) is 0 Å². The molecule has 1 saturated heterocycles. The molecule has 3 rings (SSSR count). The van der Waals surface area contributed by atoms with Crippen LogP contribution in [0.5, 0.6) is 0 Å². The van der Waals surface area contributed by atoms with E-state index in [1.165, 1.54) is 5.52 Å². The third-order valence-electron chi connectivity index (χ3n) is 4.30. The van der Waals surface area contributed by atoms with E-state index in [1.54, 1.807) is 6.92 Å². The van der Waals surface area contributed by atoms with E-state index in [1.807, 2.05) is 18.2 Å². The second kappa shape index (κ2) is 7.15. The number of amides is 1. The number of fused-ring (bicyclic) bond motifs is 1. The molecule has 0 radical (unpaired) electrons. The first-order valence-corrected chi connectivity index (χ1v) is 8.30. The zero-order valence-corrected chi connectivity index (χ0v) is 13.7. The van der Waals surface area contributed by atoms with Crippen molar-refractivity contribution in [2.75, 3.05) is 18.5 Å². The van der Waals surface area contributed by atoms with Gasteiger partial charge in [0.1, 0.15) is 6.10 Å². The maximum atomic E-state index is 12.2. The summed E-state index contributed by atoms with van der Waals surface area (Å²) < 4.78 is 13.3. The second-order valence-corrected chi connectivity index (χ2v) is 5.98. The van der Waals surface area contributed by atoms with Crippen LogP contribution >= 0.6 is 0 Å². The number of ether oxygens (including phenoxy) is 2. The van der Waals surface area contributed by atoms with Gasteiger partial charge in [-0.1, -0.05) is 0 Å². The number of nitrogens with zero attached hydrogens (tertiary/aromatic N) is 1. The largest absolute Gasteiger partial charge is 0.376 e. The molecule has 1 aliphatic rings. The van der Waals surface area contributed by atoms with Gasteiger partial charge in [-0.2, -0.15) is 0 Å². The van der Waals surface area contributed by atoms with Crippen molar-refractivity contribution < 1.29 is 14.3 Å². The number of benzene rings is 1. The Morgan fingerprint density at radius 2 is 2.35 bits per heavy atom. The molecule has 1 N–H and O–H groups in total. The number of aryl methyl sites for hydroxylation is 1. The van der Waals surface area contributed by atoms with Crippen LogP contribution in [0.1, 0.15) is 26.7 Å². The first-order chi connectivity index (χ1) is 11.2. The topological polar surface area (TPSA) is 52.5 Å². The monoisotopic (exact) mass is 316 g/mol. The molecule has 0 spiro atoms. The second-order valence-electron chi connectivity index (χ2n) is 5.98. The number of anilines is 1. The van der Waals surface area contributed by atoms with E-state index >= 15 is 0 Å². The molecular formula is C18H24N2O3. The number of carbonyl (C=O) groups excluding carboxylic acids is 1. The first kappa shape index (κ1) is 16.0. The molecule has 2 atom stereocenters. The molecular weight excluding hydrogens is 292 g/mol. The van der Waals surface area contributed by atoms with Gasteiger partial charge in [0.2, 0.25) is 0 Å². The Morgan fingerprint density at radius 1 is 1.48 bits per heavy atom. The third-order valence-corrected chi connectivity index (χ3v) is 4.30. The molecule has 0 saturated carbocycles. The van der Waals surface area contributed by atoms with Crippen molar-refractivity contribution in [1.29, 1.82) is 0 Å². The van der Waals surface area contributed by atoms with Crippen molar-refractivity contribution in [1.82, 2.24) is 4.57 Å². The Bertz CT molecular complexity index is 674. The van der Waals surface area contributed by atoms with Gasteiger partial charge in [-0.15, -0.1) is 0 Å². The van der Waals surface area contributed by atoms with Gasteiger partial charge in [0.25, 0.3) is 5.91 Å². The molecule has 1 aliphatic heterocycles. The maximum absolute atomic E-state index is 12.2. The van der Waals surface area contributed by atoms with Crippen LogP contribution in [-0.2, 0) is 20.8 Å². The van der Waals surface area contributed by atoms with E-state index in [4.69, 9.17) is 9.47 Å². The van der Waals surface area contributed by atoms with E-state index in [9.17, 15) is 4.79 Å². The predicted molar refractivity (Wildman–Crippen MR) is 90.6 cm³/mol. The van der Waals surface area contributed by atoms with Crippen molar-refractivity contribution >= 4 is 22.5 Å². The van der Waals surface area contributed by atoms with Crippen LogP contribution in [-0.4, -0.2) is 35.9 Å². The maximum Gasteiger partial charge on any atom is 0.253 e. The van der Waals surface area contributed by atoms with E-state index in [0.717, 1.165) is 37.1 Å². The van der Waals surface area contributed by atoms with Gasteiger partial charge in [0.05, 0.1) is 12.7 Å². The summed E-state index contributed by atoms with van der Waals surface area (Å²) in [5.74, 6) is -0.128. The quantitative estimate of drug-likeness (QED) is 0.890. The lowest BCUT2D eigenvalue weighted by molar-refractivity contribution is -0.128. The summed E-state index contributed by atoms with van der Waals surface area (Å²) in [6, 6.07) is 8.02. The summed E-state index contributed by atoms with van der Waals surface area (Å²) in [7, 11) is 0. The van der Waals surface area contributed by atoms with Crippen LogP contribution in [0.3, 0.4) is 0 Å². The SMILES string of the molecule is CCn1ccc2cc(NC(=O)[C@H](C)OC[C@H]3CCCO3)ccc21. The molecule has 2 heterocycles. The predicted octanol–water partition coefficient (Wildman–Crippen LogP) is 3.18. The number of aromatic nitrogens is 1. The fraction of sp³-hybridized carbons (Fsp3) is 0.500. The molecule has 5 heteroatoms. The molecule has 5 nitrogen and oxygen atoms in total. The minimum atomic E-state index is -0.491. The standard InChI is InChI=1S/C18H24N2O3/c1-3-20-9-8-14-11-15(6-7-17(14)20)19-18(21)13(2)23-12-16-5-4-10-22-16/h6-9,11,13,16H,3-5,10,12H2,1-2H3,(H,19,21)/t13-,16+/m0/s1. The highest BCUT2D eigenvalue weighted by Gasteiger charge is 2.20. The Labute approximate surface area is 136 Å². The lowest BCUT2D eigenvalue weighted by Gasteiger charge is -2.16. The van der Waals surface area contributed by atoms with E-state index in [0.29, 0.717) is 6.61 Å². The van der Waals surface area contributed by atoms with Crippen molar-refractivity contribution in [3.05, 3.63) is 30.5 Å². The average Bonchev–Trinajstić information content (AvgIpc) is 3.21. The van der Waals surface area contributed by atoms with Gasteiger partial charge in [0, 0.05) is 35.9 Å². The molecule has 1 amide bonds. The van der Waals surface area contributed by atoms with Crippen LogP contribution in [0.2, 0.25) is 0 Å². The van der Waals surface area contributed by atoms with E-state index in [-0.39, 0.29) is 12.0 Å². The number of nitrogens with one attached hydrogen (secondary N) is 1. The minimum Gasteiger partial charge on any atom is -0.376 e. The smallest absolute Gasteiger partial charge is 0.253 e. The van der Waals surface area contributed by atoms with Gasteiger partial charge >= 0.3 is 0 Å². The Balaban J connectivity index is 1.58. The Kier molecular flexibility index (Phi) is 4.98. The van der Waals surface area contributed by atoms with Crippen molar-refractivity contribution in [3.63, 3.8) is 0 Å². The summed E-state index contributed by atoms with van der Waals surface area (Å²) in [6.07, 6.45) is 3.79. The van der Waals surface area contributed by atoms with Crippen molar-refractivity contribution in [2.24, 2.45) is 0 Å². The van der Waals surface area contributed by atoms with Gasteiger partial charge in [-0.25, -0.2) is 0 Å². The molecule has 0 unspecified atom stereocenters. The zero-order chi connectivity index (χ0) is 16.2. The first-order valence-electron chi connectivity index (χ1n) is 8.30. The molecule has 0 bridgehead atoms. The van der Waals surface area contributed by atoms with Gasteiger partial charge < -0.3 is 19.4 Å². The van der Waals surface area contributed by atoms with Gasteiger partial charge in [0.15, 0.2) is 0 Å². The van der Waals surface area contributed by atoms with Crippen LogP contribution in [0.25, 0.3) is 10.9 Å². The average molecular weight is 316 g/mol. The highest BCUT2D eigenvalue weighted by molar-refractivity contribution is 5.96. The Hall–Kier alpha value is -1.85. The van der Waals surface area contributed by atoms with Crippen LogP contribution < -0.4 is 5.32 Å². The van der Waals surface area contributed by atoms with Crippen molar-refractivity contribution in [2.45, 2.75) is 45.4 Å². The highest BCUT2D eigenvalue weighted by Crippen LogP contribution is 2.21. The fourth-order valence-electron chi connectivity index (χ4n) is 2.90. The number of hydrogen-bond donors (Lipinski definition) is 1. The van der Waals surface area contributed by atoms with Crippen LogP contribution in [0.15, 0.2) is 30.5 Å². The molecule has 2 aromatic rings. The van der Waals surface area contributed by atoms with Gasteiger partial charge in [-0.05, 0) is 51.0 Å². The highest BCUT2D eigenvalue weighted by atomic mass is 16.5. The zero-order valence-electron chi connectivity index (χ0n) is 13.7. The normalized spacial score (nSPS) is 19.1. The fourth-order valence-corrected chi connectivity index (χ4v) is 2.90.